The number of nitrogens with zero attached hydrogens (tertiary/aromatic N) is 2. The van der Waals surface area contributed by atoms with Crippen LogP contribution in [0.3, 0.4) is 0 Å². The maximum absolute atomic E-state index is 5.99. The Kier molecular flexibility index (Phi) is 10.2. The number of thiophene rings is 1. The van der Waals surface area contributed by atoms with E-state index in [-0.39, 0.29) is 30.1 Å². The minimum Gasteiger partial charge on any atom is -0.489 e. The van der Waals surface area contributed by atoms with E-state index in [1.807, 2.05) is 19.2 Å². The number of likely N-dealkylation sites (tertiary alicyclic amines) is 1. The smallest absolute Gasteiger partial charge is 0.191 e. The summed E-state index contributed by atoms with van der Waals surface area (Å²) in [4.78, 5) is 6.92. The third kappa shape index (κ3) is 8.14. The first kappa shape index (κ1) is 24.0. The Morgan fingerprint density at radius 1 is 1.31 bits per heavy atom. The molecule has 1 aromatic heterocycles. The molecule has 2 heterocycles. The molecule has 2 N–H and O–H groups in total. The van der Waals surface area contributed by atoms with Gasteiger partial charge in [-0.3, -0.25) is 9.89 Å². The van der Waals surface area contributed by atoms with Gasteiger partial charge in [-0.05, 0) is 66.8 Å². The van der Waals surface area contributed by atoms with E-state index >= 15 is 0 Å². The number of ether oxygens (including phenoxy) is 1. The zero-order valence-corrected chi connectivity index (χ0v) is 20.7. The van der Waals surface area contributed by atoms with Crippen molar-refractivity contribution in [2.75, 3.05) is 26.7 Å². The molecule has 0 saturated carbocycles. The summed E-state index contributed by atoms with van der Waals surface area (Å²) in [6, 6.07) is 10.9. The topological polar surface area (TPSA) is 48.9 Å². The summed E-state index contributed by atoms with van der Waals surface area (Å²) in [6.45, 7) is 8.18. The number of benzene rings is 1. The van der Waals surface area contributed by atoms with Crippen LogP contribution >= 0.6 is 35.3 Å². The summed E-state index contributed by atoms with van der Waals surface area (Å²) in [5, 5.41) is 11.4. The van der Waals surface area contributed by atoms with Gasteiger partial charge < -0.3 is 15.4 Å². The molecule has 0 spiro atoms. The van der Waals surface area contributed by atoms with Gasteiger partial charge >= 0.3 is 0 Å². The molecule has 5 nitrogen and oxygen atoms in total. The van der Waals surface area contributed by atoms with Crippen molar-refractivity contribution in [1.29, 1.82) is 0 Å². The lowest BCUT2D eigenvalue weighted by Crippen LogP contribution is -2.49. The third-order valence-electron chi connectivity index (χ3n) is 5.02. The molecule has 1 atom stereocenters. The van der Waals surface area contributed by atoms with Gasteiger partial charge in [0.15, 0.2) is 5.96 Å². The van der Waals surface area contributed by atoms with E-state index in [0.29, 0.717) is 12.6 Å². The fourth-order valence-electron chi connectivity index (χ4n) is 3.47. The van der Waals surface area contributed by atoms with Gasteiger partial charge in [-0.15, -0.1) is 24.0 Å². The first-order valence-electron chi connectivity index (χ1n) is 10.1. The van der Waals surface area contributed by atoms with Gasteiger partial charge in [0.25, 0.3) is 0 Å². The fraction of sp³-hybridized carbons (Fsp3) is 0.500. The van der Waals surface area contributed by atoms with E-state index in [1.54, 1.807) is 11.3 Å². The molecule has 0 radical (unpaired) electrons. The lowest BCUT2D eigenvalue weighted by molar-refractivity contribution is 0.198. The average molecular weight is 529 g/mol. The van der Waals surface area contributed by atoms with Crippen LogP contribution in [-0.4, -0.2) is 49.7 Å². The van der Waals surface area contributed by atoms with Crippen LogP contribution in [0.5, 0.6) is 5.75 Å². The van der Waals surface area contributed by atoms with E-state index in [2.05, 4.69) is 63.3 Å². The van der Waals surface area contributed by atoms with E-state index in [0.717, 1.165) is 44.2 Å². The number of piperidine rings is 1. The van der Waals surface area contributed by atoms with E-state index in [1.165, 1.54) is 11.1 Å². The number of nitrogens with one attached hydrogen (secondary N) is 2. The van der Waals surface area contributed by atoms with Gasteiger partial charge in [0.1, 0.15) is 11.9 Å². The molecule has 3 rings (SSSR count). The maximum atomic E-state index is 5.99. The van der Waals surface area contributed by atoms with Crippen LogP contribution in [0, 0.1) is 6.92 Å². The minimum absolute atomic E-state index is 0. The molecule has 7 heteroatoms. The summed E-state index contributed by atoms with van der Waals surface area (Å²) in [5.74, 6) is 1.77. The number of hydrogen-bond acceptors (Lipinski definition) is 4. The molecule has 1 aliphatic rings. The molecule has 0 aliphatic carbocycles. The Balaban J connectivity index is 0.00000300. The van der Waals surface area contributed by atoms with Gasteiger partial charge in [-0.1, -0.05) is 12.1 Å². The summed E-state index contributed by atoms with van der Waals surface area (Å²) in [5.41, 5.74) is 2.64. The zero-order chi connectivity index (χ0) is 19.8. The normalized spacial score (nSPS) is 16.7. The summed E-state index contributed by atoms with van der Waals surface area (Å²) in [6.07, 6.45) is 2.34. The fourth-order valence-corrected chi connectivity index (χ4v) is 4.13. The SMILES string of the molecule is CN=C(NCC(C)Oc1cccc(C)c1)NC1CCN(Cc2ccsc2)CC1.I. The molecule has 1 unspecified atom stereocenters. The van der Waals surface area contributed by atoms with Crippen LogP contribution in [0.4, 0.5) is 0 Å². The van der Waals surface area contributed by atoms with Crippen molar-refractivity contribution in [3.05, 3.63) is 52.2 Å². The predicted molar refractivity (Wildman–Crippen MR) is 134 cm³/mol. The number of rotatable bonds is 7. The van der Waals surface area contributed by atoms with E-state index in [4.69, 9.17) is 4.74 Å². The molecule has 1 aromatic carbocycles. The summed E-state index contributed by atoms with van der Waals surface area (Å²) < 4.78 is 5.99. The highest BCUT2D eigenvalue weighted by atomic mass is 127. The average Bonchev–Trinajstić information content (AvgIpc) is 3.19. The Morgan fingerprint density at radius 2 is 2.10 bits per heavy atom. The highest BCUT2D eigenvalue weighted by Crippen LogP contribution is 2.16. The second-order valence-electron chi connectivity index (χ2n) is 7.52. The van der Waals surface area contributed by atoms with Gasteiger partial charge in [0.05, 0.1) is 6.54 Å². The molecular weight excluding hydrogens is 495 g/mol. The third-order valence-corrected chi connectivity index (χ3v) is 5.75. The van der Waals surface area contributed by atoms with Crippen molar-refractivity contribution in [2.24, 2.45) is 4.99 Å². The number of aryl methyl sites for hydroxylation is 1. The van der Waals surface area contributed by atoms with Crippen LogP contribution < -0.4 is 15.4 Å². The second-order valence-corrected chi connectivity index (χ2v) is 8.30. The second kappa shape index (κ2) is 12.4. The van der Waals surface area contributed by atoms with Crippen molar-refractivity contribution >= 4 is 41.3 Å². The van der Waals surface area contributed by atoms with Crippen LogP contribution in [0.15, 0.2) is 46.1 Å². The van der Waals surface area contributed by atoms with Crippen molar-refractivity contribution in [2.45, 2.75) is 45.4 Å². The van der Waals surface area contributed by atoms with Crippen molar-refractivity contribution in [3.8, 4) is 5.75 Å². The lowest BCUT2D eigenvalue weighted by Gasteiger charge is -2.33. The molecular formula is C22H33IN4OS. The van der Waals surface area contributed by atoms with E-state index < -0.39 is 0 Å². The lowest BCUT2D eigenvalue weighted by atomic mass is 10.0. The molecule has 160 valence electrons. The molecule has 1 fully saturated rings. The number of guanidine groups is 1. The van der Waals surface area contributed by atoms with Crippen LogP contribution in [0.2, 0.25) is 0 Å². The largest absolute Gasteiger partial charge is 0.489 e. The molecule has 0 amide bonds. The Hall–Kier alpha value is -1.32. The molecule has 1 aliphatic heterocycles. The van der Waals surface area contributed by atoms with E-state index in [9.17, 15) is 0 Å². The van der Waals surface area contributed by atoms with Crippen LogP contribution in [-0.2, 0) is 6.54 Å². The first-order chi connectivity index (χ1) is 13.6. The van der Waals surface area contributed by atoms with Crippen LogP contribution in [0.25, 0.3) is 0 Å². The molecule has 29 heavy (non-hydrogen) atoms. The van der Waals surface area contributed by atoms with Crippen molar-refractivity contribution < 1.29 is 4.74 Å². The van der Waals surface area contributed by atoms with Crippen LogP contribution in [0.1, 0.15) is 30.9 Å². The number of hydrogen-bond donors (Lipinski definition) is 2. The van der Waals surface area contributed by atoms with Gasteiger partial charge in [-0.25, -0.2) is 0 Å². The monoisotopic (exact) mass is 528 g/mol. The van der Waals surface area contributed by atoms with Crippen molar-refractivity contribution in [3.63, 3.8) is 0 Å². The summed E-state index contributed by atoms with van der Waals surface area (Å²) in [7, 11) is 1.83. The highest BCUT2D eigenvalue weighted by molar-refractivity contribution is 14.0. The molecule has 1 saturated heterocycles. The highest BCUT2D eigenvalue weighted by Gasteiger charge is 2.20. The Labute approximate surface area is 196 Å². The predicted octanol–water partition coefficient (Wildman–Crippen LogP) is 4.27. The first-order valence-corrected chi connectivity index (χ1v) is 11.0. The van der Waals surface area contributed by atoms with Crippen molar-refractivity contribution in [1.82, 2.24) is 15.5 Å². The zero-order valence-electron chi connectivity index (χ0n) is 17.6. The van der Waals surface area contributed by atoms with Gasteiger partial charge in [0.2, 0.25) is 0 Å². The molecule has 0 bridgehead atoms. The minimum atomic E-state index is 0. The molecule has 2 aromatic rings. The van der Waals surface area contributed by atoms with Gasteiger partial charge in [-0.2, -0.15) is 11.3 Å². The quantitative estimate of drug-likeness (QED) is 0.320. The summed E-state index contributed by atoms with van der Waals surface area (Å²) >= 11 is 1.78. The Bertz CT molecular complexity index is 745. The van der Waals surface area contributed by atoms with Gasteiger partial charge in [0, 0.05) is 32.7 Å². The standard InChI is InChI=1S/C22H32N4OS.HI/c1-17-5-4-6-21(13-17)27-18(2)14-24-22(23-3)25-20-7-10-26(11-8-20)15-19-9-12-28-16-19;/h4-6,9,12-13,16,18,20H,7-8,10-11,14-15H2,1-3H3,(H2,23,24,25);1H. The maximum Gasteiger partial charge on any atom is 0.191 e. The number of aliphatic imine (C=N–C) groups is 1. The number of halogens is 1. The Morgan fingerprint density at radius 3 is 2.76 bits per heavy atom.